The topological polar surface area (TPSA) is 60.5 Å². The van der Waals surface area contributed by atoms with Crippen molar-refractivity contribution in [2.75, 3.05) is 13.3 Å². The van der Waals surface area contributed by atoms with E-state index >= 15 is 0 Å². The summed E-state index contributed by atoms with van der Waals surface area (Å²) in [6.45, 7) is 0.729. The monoisotopic (exact) mass is 392 g/mol. The van der Waals surface area contributed by atoms with E-state index < -0.39 is 5.92 Å². The minimum Gasteiger partial charge on any atom is -0.454 e. The largest absolute Gasteiger partial charge is 0.454 e. The maximum absolute atomic E-state index is 13.3. The van der Waals surface area contributed by atoms with Gasteiger partial charge < -0.3 is 14.8 Å². The Balaban J connectivity index is 1.42. The number of pyridine rings is 1. The molecule has 2 heterocycles. The van der Waals surface area contributed by atoms with Gasteiger partial charge in [-0.3, -0.25) is 9.78 Å². The van der Waals surface area contributed by atoms with Crippen LogP contribution in [-0.2, 0) is 17.6 Å². The van der Waals surface area contributed by atoms with Crippen molar-refractivity contribution in [2.24, 2.45) is 0 Å². The van der Waals surface area contributed by atoms with Gasteiger partial charge in [0.1, 0.15) is 5.82 Å². The van der Waals surface area contributed by atoms with Gasteiger partial charge in [-0.2, -0.15) is 0 Å². The summed E-state index contributed by atoms with van der Waals surface area (Å²) in [5.41, 5.74) is 2.78. The van der Waals surface area contributed by atoms with Gasteiger partial charge in [0, 0.05) is 18.9 Å². The molecule has 5 nitrogen and oxygen atoms in total. The van der Waals surface area contributed by atoms with Crippen LogP contribution < -0.4 is 14.8 Å². The van der Waals surface area contributed by atoms with Crippen LogP contribution >= 0.6 is 0 Å². The second kappa shape index (κ2) is 8.73. The predicted octanol–water partition coefficient (Wildman–Crippen LogP) is 3.63. The number of hydrogen-bond acceptors (Lipinski definition) is 4. The number of carbonyl (C=O) groups excluding carboxylic acids is 1. The fourth-order valence-electron chi connectivity index (χ4n) is 3.36. The lowest BCUT2D eigenvalue weighted by atomic mass is 9.91. The van der Waals surface area contributed by atoms with Crippen molar-refractivity contribution >= 4 is 5.91 Å². The van der Waals surface area contributed by atoms with Crippen LogP contribution in [-0.4, -0.2) is 24.2 Å². The number of aromatic nitrogens is 1. The molecule has 0 bridgehead atoms. The van der Waals surface area contributed by atoms with E-state index in [1.54, 1.807) is 24.5 Å². The van der Waals surface area contributed by atoms with E-state index in [4.69, 9.17) is 9.47 Å². The predicted molar refractivity (Wildman–Crippen MR) is 106 cm³/mol. The highest BCUT2D eigenvalue weighted by Crippen LogP contribution is 2.32. The quantitative estimate of drug-likeness (QED) is 0.667. The van der Waals surface area contributed by atoms with Crippen LogP contribution in [0.2, 0.25) is 0 Å². The fraction of sp³-hybridized carbons (Fsp3) is 0.217. The minimum absolute atomic E-state index is 0.0961. The van der Waals surface area contributed by atoms with Crippen molar-refractivity contribution in [3.63, 3.8) is 0 Å². The SMILES string of the molecule is O=C(NCCc1ccc2c(c1)OCO2)C(Cc1cccnc1)c1ccc(F)cc1. The molecular weight excluding hydrogens is 371 g/mol. The van der Waals surface area contributed by atoms with Gasteiger partial charge in [0.05, 0.1) is 5.92 Å². The molecule has 0 spiro atoms. The zero-order valence-corrected chi connectivity index (χ0v) is 15.8. The summed E-state index contributed by atoms with van der Waals surface area (Å²) in [7, 11) is 0. The third kappa shape index (κ3) is 4.71. The van der Waals surface area contributed by atoms with Gasteiger partial charge in [-0.25, -0.2) is 4.39 Å². The Morgan fingerprint density at radius 3 is 2.69 bits per heavy atom. The lowest BCUT2D eigenvalue weighted by Crippen LogP contribution is -2.32. The van der Waals surface area contributed by atoms with E-state index in [-0.39, 0.29) is 18.5 Å². The van der Waals surface area contributed by atoms with E-state index in [1.165, 1.54) is 12.1 Å². The Kier molecular flexibility index (Phi) is 5.70. The molecule has 0 saturated heterocycles. The number of benzene rings is 2. The first kappa shape index (κ1) is 18.9. The number of nitrogens with one attached hydrogen (secondary N) is 1. The third-order valence-corrected chi connectivity index (χ3v) is 4.90. The molecule has 29 heavy (non-hydrogen) atoms. The molecule has 1 aliphatic rings. The lowest BCUT2D eigenvalue weighted by molar-refractivity contribution is -0.122. The van der Waals surface area contributed by atoms with E-state index in [2.05, 4.69) is 10.3 Å². The summed E-state index contributed by atoms with van der Waals surface area (Å²) in [5, 5.41) is 3.01. The molecule has 1 N–H and O–H groups in total. The molecule has 1 atom stereocenters. The molecule has 4 rings (SSSR count). The van der Waals surface area contributed by atoms with E-state index in [9.17, 15) is 9.18 Å². The van der Waals surface area contributed by atoms with Gasteiger partial charge in [-0.15, -0.1) is 0 Å². The van der Waals surface area contributed by atoms with Crippen molar-refractivity contribution in [3.05, 3.63) is 89.5 Å². The number of carbonyl (C=O) groups is 1. The van der Waals surface area contributed by atoms with Crippen LogP contribution in [0, 0.1) is 5.82 Å². The van der Waals surface area contributed by atoms with Crippen molar-refractivity contribution in [1.82, 2.24) is 10.3 Å². The number of rotatable bonds is 7. The first-order chi connectivity index (χ1) is 14.2. The highest BCUT2D eigenvalue weighted by molar-refractivity contribution is 5.84. The van der Waals surface area contributed by atoms with Gasteiger partial charge >= 0.3 is 0 Å². The molecule has 0 radical (unpaired) electrons. The third-order valence-electron chi connectivity index (χ3n) is 4.90. The Bertz CT molecular complexity index is 977. The summed E-state index contributed by atoms with van der Waals surface area (Å²) < 4.78 is 24.0. The van der Waals surface area contributed by atoms with Gasteiger partial charge in [0.25, 0.3) is 0 Å². The summed E-state index contributed by atoms with van der Waals surface area (Å²) in [6, 6.07) is 15.6. The van der Waals surface area contributed by atoms with Crippen LogP contribution in [0.4, 0.5) is 4.39 Å². The van der Waals surface area contributed by atoms with Crippen LogP contribution in [0.5, 0.6) is 11.5 Å². The zero-order chi connectivity index (χ0) is 20.1. The van der Waals surface area contributed by atoms with Crippen molar-refractivity contribution in [3.8, 4) is 11.5 Å². The number of amides is 1. The number of ether oxygens (including phenoxy) is 2. The standard InChI is InChI=1S/C23H21FN2O3/c24-19-6-4-18(5-7-19)20(12-17-2-1-10-25-14-17)23(27)26-11-9-16-3-8-21-22(13-16)29-15-28-21/h1-8,10,13-14,20H,9,11-12,15H2,(H,26,27). The Morgan fingerprint density at radius 1 is 1.07 bits per heavy atom. The van der Waals surface area contributed by atoms with Crippen LogP contribution in [0.25, 0.3) is 0 Å². The number of fused-ring (bicyclic) bond motifs is 1. The molecule has 148 valence electrons. The van der Waals surface area contributed by atoms with Crippen LogP contribution in [0.15, 0.2) is 67.0 Å². The number of halogens is 1. The molecule has 1 aromatic heterocycles. The maximum atomic E-state index is 13.3. The fourth-order valence-corrected chi connectivity index (χ4v) is 3.36. The highest BCUT2D eigenvalue weighted by atomic mass is 19.1. The van der Waals surface area contributed by atoms with E-state index in [0.29, 0.717) is 19.4 Å². The van der Waals surface area contributed by atoms with Gasteiger partial charge in [0.2, 0.25) is 12.7 Å². The molecule has 3 aromatic rings. The van der Waals surface area contributed by atoms with Crippen molar-refractivity contribution in [1.29, 1.82) is 0 Å². The second-order valence-corrected chi connectivity index (χ2v) is 6.90. The first-order valence-electron chi connectivity index (χ1n) is 9.49. The zero-order valence-electron chi connectivity index (χ0n) is 15.8. The van der Waals surface area contributed by atoms with Gasteiger partial charge in [0.15, 0.2) is 11.5 Å². The molecule has 0 aliphatic carbocycles. The normalized spacial score (nSPS) is 13.1. The average Bonchev–Trinajstić information content (AvgIpc) is 3.21. The summed E-state index contributed by atoms with van der Waals surface area (Å²) in [6.07, 6.45) is 4.61. The minimum atomic E-state index is -0.420. The molecular formula is C23H21FN2O3. The molecule has 1 amide bonds. The molecule has 2 aromatic carbocycles. The Morgan fingerprint density at radius 2 is 1.90 bits per heavy atom. The van der Waals surface area contributed by atoms with Crippen LogP contribution in [0.1, 0.15) is 22.6 Å². The van der Waals surface area contributed by atoms with Crippen LogP contribution in [0.3, 0.4) is 0 Å². The highest BCUT2D eigenvalue weighted by Gasteiger charge is 2.21. The first-order valence-corrected chi connectivity index (χ1v) is 9.49. The Hall–Kier alpha value is -3.41. The van der Waals surface area contributed by atoms with Gasteiger partial charge in [-0.1, -0.05) is 24.3 Å². The van der Waals surface area contributed by atoms with Gasteiger partial charge in [-0.05, 0) is 59.9 Å². The lowest BCUT2D eigenvalue weighted by Gasteiger charge is -2.17. The second-order valence-electron chi connectivity index (χ2n) is 6.90. The summed E-state index contributed by atoms with van der Waals surface area (Å²) >= 11 is 0. The summed E-state index contributed by atoms with van der Waals surface area (Å²) in [4.78, 5) is 17.1. The van der Waals surface area contributed by atoms with Crippen molar-refractivity contribution in [2.45, 2.75) is 18.8 Å². The smallest absolute Gasteiger partial charge is 0.231 e. The van der Waals surface area contributed by atoms with E-state index in [0.717, 1.165) is 28.2 Å². The van der Waals surface area contributed by atoms with Crippen molar-refractivity contribution < 1.29 is 18.7 Å². The maximum Gasteiger partial charge on any atom is 0.231 e. The Labute approximate surface area is 168 Å². The molecule has 0 saturated carbocycles. The molecule has 6 heteroatoms. The molecule has 1 aliphatic heterocycles. The molecule has 0 fully saturated rings. The number of nitrogens with zero attached hydrogens (tertiary/aromatic N) is 1. The summed E-state index contributed by atoms with van der Waals surface area (Å²) in [5.74, 6) is 0.634. The molecule has 1 unspecified atom stereocenters. The average molecular weight is 392 g/mol. The van der Waals surface area contributed by atoms with E-state index in [1.807, 2.05) is 30.3 Å². The number of hydrogen-bond donors (Lipinski definition) is 1.